The minimum Gasteiger partial charge on any atom is -0.507 e. The van der Waals surface area contributed by atoms with E-state index in [1.807, 2.05) is 0 Å². The molecule has 0 saturated heterocycles. The van der Waals surface area contributed by atoms with Gasteiger partial charge in [-0.2, -0.15) is 0 Å². The van der Waals surface area contributed by atoms with Crippen LogP contribution in [0.15, 0.2) is 30.4 Å². The Morgan fingerprint density at radius 2 is 1.88 bits per heavy atom. The number of benzene rings is 1. The maximum Gasteiger partial charge on any atom is 0.342 e. The molecule has 1 aliphatic heterocycles. The highest BCUT2D eigenvalue weighted by molar-refractivity contribution is 5.97. The molecule has 34 heavy (non-hydrogen) atoms. The van der Waals surface area contributed by atoms with Crippen LogP contribution in [0.25, 0.3) is 6.08 Å². The van der Waals surface area contributed by atoms with Crippen LogP contribution in [0.3, 0.4) is 0 Å². The number of anilines is 1. The largest absolute Gasteiger partial charge is 0.507 e. The summed E-state index contributed by atoms with van der Waals surface area (Å²) in [5.74, 6) is -2.04. The number of aliphatic hydroxyl groups is 4. The van der Waals surface area contributed by atoms with Crippen LogP contribution in [0.5, 0.6) is 5.75 Å². The quantitative estimate of drug-likeness (QED) is 0.212. The minimum atomic E-state index is -1.59. The third-order valence-electron chi connectivity index (χ3n) is 5.50. The highest BCUT2D eigenvalue weighted by atomic mass is 16.5. The summed E-state index contributed by atoms with van der Waals surface area (Å²) in [7, 11) is 0. The van der Waals surface area contributed by atoms with Crippen molar-refractivity contribution in [2.45, 2.75) is 44.7 Å². The summed E-state index contributed by atoms with van der Waals surface area (Å²) in [6.45, 7) is 4.17. The smallest absolute Gasteiger partial charge is 0.342 e. The van der Waals surface area contributed by atoms with E-state index in [0.29, 0.717) is 24.3 Å². The number of phenolic OH excluding ortho intramolecular Hbond substituents is 1. The molecule has 1 aromatic carbocycles. The van der Waals surface area contributed by atoms with Gasteiger partial charge in [0.15, 0.2) is 5.78 Å². The van der Waals surface area contributed by atoms with Crippen molar-refractivity contribution in [2.75, 3.05) is 31.6 Å². The highest BCUT2D eigenvalue weighted by Crippen LogP contribution is 2.29. The first-order valence-corrected chi connectivity index (χ1v) is 11.2. The average molecular weight is 479 g/mol. The molecule has 188 valence electrons. The van der Waals surface area contributed by atoms with E-state index in [9.17, 15) is 30.0 Å². The standard InChI is InChI=1S/C24H34N2O8/c1-14-6-7-20(30)23(32)19(29)5-3-4-16-10-17(26-9-8-25-12-18(28)13-27)11-21(31)22(16)24(33)34-15(14)2/h3-4,6-7,10-11,14-15,18-19,23,25-29,31-32H,5,8-9,12-13H2,1-2H3/b4-3+,7-6-/t14-,15+,18?,19+,23+/m1/s1. The van der Waals surface area contributed by atoms with Crippen molar-refractivity contribution in [3.05, 3.63) is 41.5 Å². The van der Waals surface area contributed by atoms with Gasteiger partial charge in [0.1, 0.15) is 23.5 Å². The second kappa shape index (κ2) is 13.2. The lowest BCUT2D eigenvalue weighted by molar-refractivity contribution is -0.127. The van der Waals surface area contributed by atoms with Crippen molar-refractivity contribution in [3.8, 4) is 5.75 Å². The summed E-state index contributed by atoms with van der Waals surface area (Å²) in [6.07, 6.45) is 1.20. The Bertz CT molecular complexity index is 901. The number of carbonyl (C=O) groups is 2. The van der Waals surface area contributed by atoms with Crippen molar-refractivity contribution >= 4 is 23.5 Å². The number of ether oxygens (including phenoxy) is 1. The number of carbonyl (C=O) groups excluding carboxylic acids is 2. The average Bonchev–Trinajstić information content (AvgIpc) is 2.80. The molecule has 10 heteroatoms. The van der Waals surface area contributed by atoms with Crippen LogP contribution >= 0.6 is 0 Å². The first kappa shape index (κ1) is 27.5. The number of phenols is 1. The number of cyclic esters (lactones) is 1. The van der Waals surface area contributed by atoms with Crippen molar-refractivity contribution in [1.82, 2.24) is 5.32 Å². The van der Waals surface area contributed by atoms with E-state index in [1.54, 1.807) is 19.9 Å². The maximum atomic E-state index is 12.9. The third kappa shape index (κ3) is 7.93. The van der Waals surface area contributed by atoms with Gasteiger partial charge in [-0.15, -0.1) is 0 Å². The van der Waals surface area contributed by atoms with E-state index in [0.717, 1.165) is 0 Å². The molecule has 1 aliphatic rings. The number of aromatic hydroxyl groups is 1. The molecule has 5 atom stereocenters. The molecule has 0 spiro atoms. The molecule has 0 radical (unpaired) electrons. The molecule has 0 fully saturated rings. The van der Waals surface area contributed by atoms with Gasteiger partial charge in [-0.25, -0.2) is 4.79 Å². The molecule has 2 rings (SSSR count). The van der Waals surface area contributed by atoms with E-state index in [4.69, 9.17) is 9.84 Å². The number of ketones is 1. The van der Waals surface area contributed by atoms with Gasteiger partial charge in [-0.3, -0.25) is 4.79 Å². The minimum absolute atomic E-state index is 0.0443. The van der Waals surface area contributed by atoms with Crippen molar-refractivity contribution in [1.29, 1.82) is 0 Å². The van der Waals surface area contributed by atoms with E-state index < -0.39 is 36.2 Å². The van der Waals surface area contributed by atoms with Crippen molar-refractivity contribution < 1.29 is 39.9 Å². The van der Waals surface area contributed by atoms with Crippen molar-refractivity contribution in [2.24, 2.45) is 5.92 Å². The molecule has 10 nitrogen and oxygen atoms in total. The Morgan fingerprint density at radius 1 is 1.15 bits per heavy atom. The Balaban J connectivity index is 2.27. The summed E-state index contributed by atoms with van der Waals surface area (Å²) in [5.41, 5.74) is 0.799. The SMILES string of the molecule is C[C@@H]1/C=C\C(=O)[C@@H](O)[C@@H](O)C/C=C/c2cc(NCCNCC(O)CO)cc(O)c2C(=O)O[C@H]1C. The summed E-state index contributed by atoms with van der Waals surface area (Å²) < 4.78 is 5.50. The molecule has 0 amide bonds. The van der Waals surface area contributed by atoms with Gasteiger partial charge in [0.2, 0.25) is 0 Å². The lowest BCUT2D eigenvalue weighted by Crippen LogP contribution is -2.32. The highest BCUT2D eigenvalue weighted by Gasteiger charge is 2.25. The van der Waals surface area contributed by atoms with Gasteiger partial charge in [0, 0.05) is 37.3 Å². The third-order valence-corrected chi connectivity index (χ3v) is 5.50. The van der Waals surface area contributed by atoms with Gasteiger partial charge >= 0.3 is 5.97 Å². The van der Waals surface area contributed by atoms with Crippen LogP contribution in [0.1, 0.15) is 36.2 Å². The Hall–Kier alpha value is -2.76. The molecule has 0 bridgehead atoms. The molecule has 1 heterocycles. The van der Waals surface area contributed by atoms with Gasteiger partial charge in [-0.05, 0) is 31.1 Å². The second-order valence-corrected chi connectivity index (χ2v) is 8.31. The molecular formula is C24H34N2O8. The maximum absolute atomic E-state index is 12.9. The van der Waals surface area contributed by atoms with E-state index in [1.165, 1.54) is 30.4 Å². The fourth-order valence-electron chi connectivity index (χ4n) is 3.22. The molecule has 0 saturated carbocycles. The summed E-state index contributed by atoms with van der Waals surface area (Å²) in [4.78, 5) is 25.0. The molecule has 0 aliphatic carbocycles. The Kier molecular flexibility index (Phi) is 10.7. The van der Waals surface area contributed by atoms with E-state index in [-0.39, 0.29) is 36.8 Å². The lowest BCUT2D eigenvalue weighted by Gasteiger charge is -2.20. The van der Waals surface area contributed by atoms with Gasteiger partial charge in [0.05, 0.1) is 18.8 Å². The summed E-state index contributed by atoms with van der Waals surface area (Å²) in [6, 6.07) is 3.02. The second-order valence-electron chi connectivity index (χ2n) is 8.31. The predicted octanol–water partition coefficient (Wildman–Crippen LogP) is 0.192. The summed E-state index contributed by atoms with van der Waals surface area (Å²) in [5, 5.41) is 55.0. The molecule has 0 aromatic heterocycles. The number of hydrogen-bond donors (Lipinski definition) is 7. The fraction of sp³-hybridized carbons (Fsp3) is 0.500. The van der Waals surface area contributed by atoms with Crippen LogP contribution in [0, 0.1) is 5.92 Å². The number of fused-ring (bicyclic) bond motifs is 1. The predicted molar refractivity (Wildman–Crippen MR) is 126 cm³/mol. The lowest BCUT2D eigenvalue weighted by atomic mass is 9.99. The van der Waals surface area contributed by atoms with Gasteiger partial charge in [-0.1, -0.05) is 25.2 Å². The molecular weight excluding hydrogens is 444 g/mol. The Labute approximate surface area is 198 Å². The monoisotopic (exact) mass is 478 g/mol. The fourth-order valence-corrected chi connectivity index (χ4v) is 3.22. The topological polar surface area (TPSA) is 169 Å². The number of nitrogens with one attached hydrogen (secondary N) is 2. The van der Waals surface area contributed by atoms with Crippen LogP contribution in [0.2, 0.25) is 0 Å². The normalized spacial score (nSPS) is 26.6. The zero-order chi connectivity index (χ0) is 25.3. The number of rotatable bonds is 7. The summed E-state index contributed by atoms with van der Waals surface area (Å²) >= 11 is 0. The van der Waals surface area contributed by atoms with Crippen LogP contribution in [-0.2, 0) is 9.53 Å². The zero-order valence-electron chi connectivity index (χ0n) is 19.3. The first-order valence-electron chi connectivity index (χ1n) is 11.2. The van der Waals surface area contributed by atoms with Crippen LogP contribution < -0.4 is 10.6 Å². The number of hydrogen-bond acceptors (Lipinski definition) is 10. The van der Waals surface area contributed by atoms with Crippen LogP contribution in [-0.4, -0.2) is 87.9 Å². The molecule has 7 N–H and O–H groups in total. The molecule has 1 unspecified atom stereocenters. The van der Waals surface area contributed by atoms with Gasteiger partial charge in [0.25, 0.3) is 0 Å². The van der Waals surface area contributed by atoms with E-state index in [2.05, 4.69) is 10.6 Å². The van der Waals surface area contributed by atoms with Crippen molar-refractivity contribution in [3.63, 3.8) is 0 Å². The number of esters is 1. The number of aliphatic hydroxyl groups excluding tert-OH is 4. The molecule has 1 aromatic rings. The van der Waals surface area contributed by atoms with Crippen LogP contribution in [0.4, 0.5) is 5.69 Å². The van der Waals surface area contributed by atoms with E-state index >= 15 is 0 Å². The first-order chi connectivity index (χ1) is 16.1. The van der Waals surface area contributed by atoms with Gasteiger partial charge < -0.3 is 40.9 Å². The Morgan fingerprint density at radius 3 is 2.59 bits per heavy atom. The zero-order valence-corrected chi connectivity index (χ0v) is 19.3.